The summed E-state index contributed by atoms with van der Waals surface area (Å²) >= 11 is 0. The Labute approximate surface area is 409 Å². The highest BCUT2D eigenvalue weighted by Gasteiger charge is 2.36. The van der Waals surface area contributed by atoms with Crippen molar-refractivity contribution >= 4 is 75.9 Å². The van der Waals surface area contributed by atoms with Crippen molar-refractivity contribution in [2.75, 3.05) is 0 Å². The van der Waals surface area contributed by atoms with Crippen LogP contribution < -0.4 is 0 Å². The highest BCUT2D eigenvalue weighted by Crippen LogP contribution is 2.52. The molecule has 15 rings (SSSR count). The summed E-state index contributed by atoms with van der Waals surface area (Å²) in [6.45, 7) is 4.73. The molecule has 5 nitrogen and oxygen atoms in total. The van der Waals surface area contributed by atoms with Crippen molar-refractivity contribution in [2.24, 2.45) is 0 Å². The summed E-state index contributed by atoms with van der Waals surface area (Å²) in [5, 5.41) is 11.9. The third-order valence-corrected chi connectivity index (χ3v) is 15.3. The Bertz CT molecular complexity index is 4540. The lowest BCUT2D eigenvalue weighted by Crippen LogP contribution is -2.15. The lowest BCUT2D eigenvalue weighted by molar-refractivity contribution is 0.661. The molecule has 0 atom stereocenters. The van der Waals surface area contributed by atoms with Crippen molar-refractivity contribution in [2.45, 2.75) is 19.3 Å². The molecule has 0 bridgehead atoms. The van der Waals surface area contributed by atoms with Gasteiger partial charge in [0, 0.05) is 54.7 Å². The highest BCUT2D eigenvalue weighted by atomic mass is 15.0. The molecule has 0 fully saturated rings. The SMILES string of the molecule is CC1(C)c2ccccc2-c2cc3c(-c4nc(-c5ccccc5)nc(-c5ccc6ccccc6c5)n4)ccc(-n4c5ccccc5c5cc6c7c8ccccc8ccc7n(-c7ccccc7)c6cc54)c3cc21. The smallest absolute Gasteiger partial charge is 0.164 e. The van der Waals surface area contributed by atoms with Gasteiger partial charge in [-0.05, 0) is 116 Å². The average molecular weight is 906 g/mol. The Morgan fingerprint density at radius 2 is 0.986 bits per heavy atom. The molecule has 0 amide bonds. The van der Waals surface area contributed by atoms with Gasteiger partial charge in [-0.25, -0.2) is 15.0 Å². The van der Waals surface area contributed by atoms with Crippen molar-refractivity contribution in [3.63, 3.8) is 0 Å². The molecule has 0 unspecified atom stereocenters. The summed E-state index contributed by atoms with van der Waals surface area (Å²) < 4.78 is 4.96. The molecule has 0 radical (unpaired) electrons. The highest BCUT2D eigenvalue weighted by molar-refractivity contribution is 6.25. The third-order valence-electron chi connectivity index (χ3n) is 15.3. The number of hydrogen-bond donors (Lipinski definition) is 0. The minimum atomic E-state index is -0.226. The number of para-hydroxylation sites is 2. The molecule has 0 N–H and O–H groups in total. The second-order valence-corrected chi connectivity index (χ2v) is 19.6. The average Bonchev–Trinajstić information content (AvgIpc) is 4.01. The van der Waals surface area contributed by atoms with E-state index in [2.05, 4.69) is 229 Å². The number of aromatic nitrogens is 5. The maximum absolute atomic E-state index is 5.40. The molecule has 5 heteroatoms. The van der Waals surface area contributed by atoms with Crippen molar-refractivity contribution in [1.29, 1.82) is 0 Å². The van der Waals surface area contributed by atoms with Crippen molar-refractivity contribution in [1.82, 2.24) is 24.1 Å². The van der Waals surface area contributed by atoms with Crippen LogP contribution in [-0.4, -0.2) is 24.1 Å². The van der Waals surface area contributed by atoms with Crippen LogP contribution in [0.2, 0.25) is 0 Å². The molecule has 3 aromatic heterocycles. The zero-order chi connectivity index (χ0) is 47.0. The Kier molecular flexibility index (Phi) is 8.35. The van der Waals surface area contributed by atoms with E-state index in [0.29, 0.717) is 17.5 Å². The molecule has 3 heterocycles. The van der Waals surface area contributed by atoms with Crippen molar-refractivity contribution in [3.8, 4) is 56.7 Å². The molecular weight excluding hydrogens is 863 g/mol. The van der Waals surface area contributed by atoms with Crippen LogP contribution in [0, 0.1) is 0 Å². The summed E-state index contributed by atoms with van der Waals surface area (Å²) in [7, 11) is 0. The second-order valence-electron chi connectivity index (χ2n) is 19.6. The number of hydrogen-bond acceptors (Lipinski definition) is 3. The third kappa shape index (κ3) is 5.84. The van der Waals surface area contributed by atoms with E-state index in [9.17, 15) is 0 Å². The molecule has 0 aliphatic heterocycles. The summed E-state index contributed by atoms with van der Waals surface area (Å²) in [4.78, 5) is 15.9. The lowest BCUT2D eigenvalue weighted by Gasteiger charge is -2.23. The Morgan fingerprint density at radius 1 is 0.324 bits per heavy atom. The zero-order valence-corrected chi connectivity index (χ0v) is 39.1. The number of rotatable bonds is 5. The predicted molar refractivity (Wildman–Crippen MR) is 295 cm³/mol. The summed E-state index contributed by atoms with van der Waals surface area (Å²) in [6.07, 6.45) is 0. The van der Waals surface area contributed by atoms with Gasteiger partial charge in [0.1, 0.15) is 0 Å². The monoisotopic (exact) mass is 905 g/mol. The van der Waals surface area contributed by atoms with Gasteiger partial charge in [0.25, 0.3) is 0 Å². The van der Waals surface area contributed by atoms with E-state index < -0.39 is 0 Å². The molecule has 0 saturated carbocycles. The van der Waals surface area contributed by atoms with Crippen LogP contribution in [0.25, 0.3) is 133 Å². The van der Waals surface area contributed by atoms with Crippen molar-refractivity contribution in [3.05, 3.63) is 236 Å². The van der Waals surface area contributed by atoms with E-state index in [1.165, 1.54) is 65.5 Å². The largest absolute Gasteiger partial charge is 0.309 e. The Hall–Kier alpha value is -9.19. The van der Waals surface area contributed by atoms with Crippen molar-refractivity contribution < 1.29 is 0 Å². The maximum atomic E-state index is 5.40. The zero-order valence-electron chi connectivity index (χ0n) is 39.1. The molecular formula is C66H43N5. The standard InChI is InChI=1S/C66H43N5/c1-66(2)55-27-15-13-25-47(55)51-36-50-49(65-68-63(42-19-5-3-6-20-42)67-64(69-65)44-30-29-40-17-9-10-21-43(40)35-44)32-34-58(53(50)38-56(51)66)71-57-28-16-14-26-48(57)52-37-54-61(39-60(52)71)70(45-22-7-4-8-23-45)59-33-31-41-18-11-12-24-46(41)62(54)59/h3-39H,1-2H3. The lowest BCUT2D eigenvalue weighted by atomic mass is 9.81. The first-order chi connectivity index (χ1) is 35.0. The van der Waals surface area contributed by atoms with Gasteiger partial charge in [-0.15, -0.1) is 0 Å². The topological polar surface area (TPSA) is 48.5 Å². The molecule has 0 saturated heterocycles. The van der Waals surface area contributed by atoms with E-state index in [-0.39, 0.29) is 5.41 Å². The molecule has 1 aliphatic carbocycles. The fraction of sp³-hybridized carbons (Fsp3) is 0.0455. The molecule has 14 aromatic rings. The van der Waals surface area contributed by atoms with E-state index in [4.69, 9.17) is 15.0 Å². The number of nitrogens with zero attached hydrogens (tertiary/aromatic N) is 5. The van der Waals surface area contributed by atoms with Crippen LogP contribution in [0.3, 0.4) is 0 Å². The van der Waals surface area contributed by atoms with Gasteiger partial charge in [0.05, 0.1) is 27.8 Å². The van der Waals surface area contributed by atoms with E-state index >= 15 is 0 Å². The van der Waals surface area contributed by atoms with Gasteiger partial charge < -0.3 is 9.13 Å². The van der Waals surface area contributed by atoms with Gasteiger partial charge in [-0.3, -0.25) is 0 Å². The van der Waals surface area contributed by atoms with Crippen LogP contribution in [0.1, 0.15) is 25.0 Å². The van der Waals surface area contributed by atoms with Crippen LogP contribution in [-0.2, 0) is 5.41 Å². The van der Waals surface area contributed by atoms with E-state index in [1.807, 2.05) is 18.2 Å². The summed E-state index contributed by atoms with van der Waals surface area (Å²) in [5.41, 5.74) is 14.6. The van der Waals surface area contributed by atoms with Crippen LogP contribution in [0.4, 0.5) is 0 Å². The molecule has 332 valence electrons. The quantitative estimate of drug-likeness (QED) is 0.173. The molecule has 0 spiro atoms. The summed E-state index contributed by atoms with van der Waals surface area (Å²) in [5.74, 6) is 1.90. The Balaban J connectivity index is 1.05. The normalized spacial score (nSPS) is 13.0. The molecule has 71 heavy (non-hydrogen) atoms. The van der Waals surface area contributed by atoms with Gasteiger partial charge in [0.15, 0.2) is 17.5 Å². The molecule has 11 aromatic carbocycles. The maximum Gasteiger partial charge on any atom is 0.164 e. The first-order valence-electron chi connectivity index (χ1n) is 24.4. The first-order valence-corrected chi connectivity index (χ1v) is 24.4. The number of benzene rings is 11. The summed E-state index contributed by atoms with van der Waals surface area (Å²) in [6, 6.07) is 81.5. The Morgan fingerprint density at radius 3 is 1.83 bits per heavy atom. The van der Waals surface area contributed by atoms with Crippen LogP contribution in [0.15, 0.2) is 224 Å². The van der Waals surface area contributed by atoms with E-state index in [1.54, 1.807) is 0 Å². The van der Waals surface area contributed by atoms with Gasteiger partial charge in [-0.2, -0.15) is 0 Å². The van der Waals surface area contributed by atoms with Crippen LogP contribution >= 0.6 is 0 Å². The first kappa shape index (κ1) is 39.8. The van der Waals surface area contributed by atoms with Gasteiger partial charge in [0.2, 0.25) is 0 Å². The molecule has 1 aliphatic rings. The fourth-order valence-corrected chi connectivity index (χ4v) is 11.9. The number of fused-ring (bicyclic) bond motifs is 13. The predicted octanol–water partition coefficient (Wildman–Crippen LogP) is 16.8. The minimum Gasteiger partial charge on any atom is -0.309 e. The van der Waals surface area contributed by atoms with Gasteiger partial charge >= 0.3 is 0 Å². The van der Waals surface area contributed by atoms with Crippen LogP contribution in [0.5, 0.6) is 0 Å². The van der Waals surface area contributed by atoms with E-state index in [0.717, 1.165) is 60.8 Å². The second kappa shape index (κ2) is 14.9. The minimum absolute atomic E-state index is 0.226. The fourth-order valence-electron chi connectivity index (χ4n) is 11.9. The van der Waals surface area contributed by atoms with Gasteiger partial charge in [-0.1, -0.05) is 172 Å².